The number of benzene rings is 2. The number of aliphatic carboxylic acids is 2. The van der Waals surface area contributed by atoms with E-state index in [4.69, 9.17) is 14.9 Å². The lowest BCUT2D eigenvalue weighted by Gasteiger charge is -2.09. The maximum absolute atomic E-state index is 9.55. The first-order chi connectivity index (χ1) is 15.4. The van der Waals surface area contributed by atoms with E-state index in [2.05, 4.69) is 66.2 Å². The monoisotopic (exact) mass is 438 g/mol. The normalized spacial score (nSPS) is 10.7. The maximum Gasteiger partial charge on any atom is 0.328 e. The summed E-state index contributed by atoms with van der Waals surface area (Å²) in [5.74, 6) is -1.61. The number of rotatable bonds is 9. The van der Waals surface area contributed by atoms with Gasteiger partial charge in [0.05, 0.1) is 12.6 Å². The Hall–Kier alpha value is -3.58. The van der Waals surface area contributed by atoms with Crippen molar-refractivity contribution in [2.75, 3.05) is 13.7 Å². The lowest BCUT2D eigenvalue weighted by molar-refractivity contribution is -0.134. The fourth-order valence-corrected chi connectivity index (χ4v) is 3.38. The van der Waals surface area contributed by atoms with Gasteiger partial charge in [0.1, 0.15) is 5.75 Å². The number of carboxylic acids is 2. The Labute approximate surface area is 187 Å². The SMILES string of the molecule is CCCCNCc1c(C)n(-c2ccccc2)c2ccc(OC)cc12.O=C(O)/C=C/C(=O)O. The lowest BCUT2D eigenvalue weighted by atomic mass is 10.1. The van der Waals surface area contributed by atoms with Crippen LogP contribution < -0.4 is 10.1 Å². The van der Waals surface area contributed by atoms with Crippen molar-refractivity contribution in [3.05, 3.63) is 71.9 Å². The van der Waals surface area contributed by atoms with Gasteiger partial charge in [-0.2, -0.15) is 0 Å². The zero-order valence-corrected chi connectivity index (χ0v) is 18.7. The molecule has 170 valence electrons. The number of para-hydroxylation sites is 1. The fraction of sp³-hybridized carbons (Fsp3) is 0.280. The summed E-state index contributed by atoms with van der Waals surface area (Å²) >= 11 is 0. The first-order valence-electron chi connectivity index (χ1n) is 10.5. The molecule has 7 nitrogen and oxygen atoms in total. The molecule has 3 N–H and O–H groups in total. The molecule has 3 aromatic rings. The minimum absolute atomic E-state index is 0.558. The van der Waals surface area contributed by atoms with E-state index in [1.807, 2.05) is 6.07 Å². The van der Waals surface area contributed by atoms with Crippen LogP contribution in [0.1, 0.15) is 31.0 Å². The van der Waals surface area contributed by atoms with Crippen LogP contribution in [0.15, 0.2) is 60.7 Å². The van der Waals surface area contributed by atoms with E-state index in [0.717, 1.165) is 18.8 Å². The second-order valence-electron chi connectivity index (χ2n) is 7.16. The smallest absolute Gasteiger partial charge is 0.328 e. The molecular formula is C25H30N2O5. The Balaban J connectivity index is 0.000000390. The van der Waals surface area contributed by atoms with Gasteiger partial charge in [-0.25, -0.2) is 9.59 Å². The highest BCUT2D eigenvalue weighted by Gasteiger charge is 2.15. The maximum atomic E-state index is 9.55. The van der Waals surface area contributed by atoms with Gasteiger partial charge in [0, 0.05) is 35.5 Å². The molecule has 0 atom stereocenters. The number of nitrogens with zero attached hydrogens (tertiary/aromatic N) is 1. The van der Waals surface area contributed by atoms with Gasteiger partial charge in [-0.05, 0) is 55.8 Å². The van der Waals surface area contributed by atoms with Crippen molar-refractivity contribution in [2.45, 2.75) is 33.2 Å². The standard InChI is InChI=1S/C21H26N2O.C4H4O4/c1-4-5-13-22-15-20-16(2)23(17-9-7-6-8-10-17)21-12-11-18(24-3)14-19(20)21;5-3(6)1-2-4(7)8/h6-12,14,22H,4-5,13,15H2,1-3H3;1-2H,(H,5,6)(H,7,8)/b;2-1+. The number of hydrogen-bond donors (Lipinski definition) is 3. The van der Waals surface area contributed by atoms with Crippen LogP contribution in [0, 0.1) is 6.92 Å². The van der Waals surface area contributed by atoms with E-state index in [1.165, 1.54) is 40.7 Å². The molecule has 0 saturated heterocycles. The molecule has 0 aliphatic rings. The Morgan fingerprint density at radius 3 is 2.28 bits per heavy atom. The summed E-state index contributed by atoms with van der Waals surface area (Å²) in [4.78, 5) is 19.1. The quantitative estimate of drug-likeness (QED) is 0.335. The van der Waals surface area contributed by atoms with E-state index in [9.17, 15) is 9.59 Å². The van der Waals surface area contributed by atoms with Crippen LogP contribution in [0.4, 0.5) is 0 Å². The first kappa shape index (κ1) is 24.7. The van der Waals surface area contributed by atoms with E-state index < -0.39 is 11.9 Å². The predicted molar refractivity (Wildman–Crippen MR) is 126 cm³/mol. The van der Waals surface area contributed by atoms with Gasteiger partial charge < -0.3 is 24.8 Å². The minimum atomic E-state index is -1.26. The van der Waals surface area contributed by atoms with Crippen molar-refractivity contribution >= 4 is 22.8 Å². The van der Waals surface area contributed by atoms with Crippen molar-refractivity contribution in [1.29, 1.82) is 0 Å². The summed E-state index contributed by atoms with van der Waals surface area (Å²) in [6, 6.07) is 16.9. The molecule has 0 aliphatic heterocycles. The molecule has 0 saturated carbocycles. The van der Waals surface area contributed by atoms with Crippen molar-refractivity contribution in [2.24, 2.45) is 0 Å². The summed E-state index contributed by atoms with van der Waals surface area (Å²) in [7, 11) is 1.72. The number of aromatic nitrogens is 1. The van der Waals surface area contributed by atoms with E-state index in [0.29, 0.717) is 12.2 Å². The molecule has 0 aliphatic carbocycles. The minimum Gasteiger partial charge on any atom is -0.497 e. The molecule has 1 heterocycles. The van der Waals surface area contributed by atoms with Crippen LogP contribution in [0.5, 0.6) is 5.75 Å². The zero-order chi connectivity index (χ0) is 23.5. The molecule has 1 aromatic heterocycles. The fourth-order valence-electron chi connectivity index (χ4n) is 3.38. The zero-order valence-electron chi connectivity index (χ0n) is 18.7. The summed E-state index contributed by atoms with van der Waals surface area (Å²) in [5, 5.41) is 20.5. The first-order valence-corrected chi connectivity index (χ1v) is 10.5. The van der Waals surface area contributed by atoms with E-state index >= 15 is 0 Å². The summed E-state index contributed by atoms with van der Waals surface area (Å²) in [6.07, 6.45) is 3.54. The molecule has 0 radical (unpaired) electrons. The van der Waals surface area contributed by atoms with Gasteiger partial charge in [-0.3, -0.25) is 0 Å². The van der Waals surface area contributed by atoms with Crippen LogP contribution in [0.3, 0.4) is 0 Å². The molecule has 0 fully saturated rings. The largest absolute Gasteiger partial charge is 0.497 e. The molecule has 0 spiro atoms. The molecule has 0 unspecified atom stereocenters. The van der Waals surface area contributed by atoms with Crippen LogP contribution in [-0.4, -0.2) is 40.4 Å². The Morgan fingerprint density at radius 2 is 1.72 bits per heavy atom. The molecule has 7 heteroatoms. The molecule has 32 heavy (non-hydrogen) atoms. The van der Waals surface area contributed by atoms with Crippen molar-refractivity contribution in [3.8, 4) is 11.4 Å². The topological polar surface area (TPSA) is 101 Å². The van der Waals surface area contributed by atoms with Crippen LogP contribution in [0.2, 0.25) is 0 Å². The van der Waals surface area contributed by atoms with Crippen LogP contribution >= 0.6 is 0 Å². The highest BCUT2D eigenvalue weighted by molar-refractivity contribution is 5.90. The van der Waals surface area contributed by atoms with Gasteiger partial charge in [0.25, 0.3) is 0 Å². The third kappa shape index (κ3) is 6.72. The van der Waals surface area contributed by atoms with Crippen molar-refractivity contribution < 1.29 is 24.5 Å². The van der Waals surface area contributed by atoms with Gasteiger partial charge in [0.15, 0.2) is 0 Å². The number of carboxylic acid groups (broad SMARTS) is 2. The summed E-state index contributed by atoms with van der Waals surface area (Å²) in [6.45, 7) is 6.36. The third-order valence-corrected chi connectivity index (χ3v) is 4.93. The van der Waals surface area contributed by atoms with E-state index in [-0.39, 0.29) is 0 Å². The molecule has 0 bridgehead atoms. The Kier molecular flexibility index (Phi) is 9.50. The van der Waals surface area contributed by atoms with E-state index in [1.54, 1.807) is 7.11 Å². The average Bonchev–Trinajstić information content (AvgIpc) is 3.06. The molecule has 0 amide bonds. The highest BCUT2D eigenvalue weighted by Crippen LogP contribution is 2.31. The second-order valence-corrected chi connectivity index (χ2v) is 7.16. The number of methoxy groups -OCH3 is 1. The average molecular weight is 439 g/mol. The number of carbonyl (C=O) groups is 2. The van der Waals surface area contributed by atoms with Crippen LogP contribution in [0.25, 0.3) is 16.6 Å². The summed E-state index contributed by atoms with van der Waals surface area (Å²) < 4.78 is 7.78. The van der Waals surface area contributed by atoms with Gasteiger partial charge in [-0.15, -0.1) is 0 Å². The van der Waals surface area contributed by atoms with Gasteiger partial charge >= 0.3 is 11.9 Å². The Bertz CT molecular complexity index is 1050. The lowest BCUT2D eigenvalue weighted by Crippen LogP contribution is -2.15. The molecule has 2 aromatic carbocycles. The highest BCUT2D eigenvalue weighted by atomic mass is 16.5. The van der Waals surface area contributed by atoms with Crippen molar-refractivity contribution in [3.63, 3.8) is 0 Å². The molecule has 3 rings (SSSR count). The number of nitrogens with one attached hydrogen (secondary N) is 1. The third-order valence-electron chi connectivity index (χ3n) is 4.93. The van der Waals surface area contributed by atoms with Crippen LogP contribution in [-0.2, 0) is 16.1 Å². The van der Waals surface area contributed by atoms with Gasteiger partial charge in [0.2, 0.25) is 0 Å². The second kappa shape index (κ2) is 12.3. The van der Waals surface area contributed by atoms with Crippen molar-refractivity contribution in [1.82, 2.24) is 9.88 Å². The summed E-state index contributed by atoms with van der Waals surface area (Å²) in [5.41, 5.74) is 5.06. The molecular weight excluding hydrogens is 408 g/mol. The number of unbranched alkanes of at least 4 members (excludes halogenated alkanes) is 1. The number of ether oxygens (including phenoxy) is 1. The Morgan fingerprint density at radius 1 is 1.06 bits per heavy atom. The predicted octanol–water partition coefficient (Wildman–Crippen LogP) is 4.55. The number of fused-ring (bicyclic) bond motifs is 1. The van der Waals surface area contributed by atoms with Gasteiger partial charge in [-0.1, -0.05) is 31.5 Å². The number of hydrogen-bond acceptors (Lipinski definition) is 4.